The number of hydrogen-bond donors (Lipinski definition) is 1. The van der Waals surface area contributed by atoms with E-state index in [2.05, 4.69) is 14.7 Å². The lowest BCUT2D eigenvalue weighted by Crippen LogP contribution is -2.03. The van der Waals surface area contributed by atoms with Crippen LogP contribution in [0, 0.1) is 6.92 Å². The van der Waals surface area contributed by atoms with Gasteiger partial charge in [0.1, 0.15) is 5.82 Å². The molecule has 0 aliphatic rings. The van der Waals surface area contributed by atoms with Gasteiger partial charge in [0.2, 0.25) is 0 Å². The lowest BCUT2D eigenvalue weighted by atomic mass is 10.2. The molecule has 0 radical (unpaired) electrons. The number of halogens is 1. The number of aromatic nitrogens is 2. The van der Waals surface area contributed by atoms with Crippen LogP contribution >= 0.6 is 11.6 Å². The van der Waals surface area contributed by atoms with Crippen LogP contribution < -0.4 is 0 Å². The molecule has 4 nitrogen and oxygen atoms in total. The second kappa shape index (κ2) is 4.59. The molecule has 2 rings (SSSR count). The molecule has 0 aliphatic heterocycles. The largest absolute Gasteiger partial charge is 0.464 e. The molecule has 0 bridgehead atoms. The van der Waals surface area contributed by atoms with Gasteiger partial charge in [-0.05, 0) is 31.2 Å². The Morgan fingerprint density at radius 1 is 1.35 bits per heavy atom. The average Bonchev–Trinajstić information content (AvgIpc) is 2.71. The smallest absolute Gasteiger partial charge is 0.358 e. The number of methoxy groups -OCH3 is 1. The number of rotatable bonds is 2. The van der Waals surface area contributed by atoms with Crippen LogP contribution in [0.15, 0.2) is 24.3 Å². The highest BCUT2D eigenvalue weighted by molar-refractivity contribution is 6.30. The number of aromatic amines is 1. The van der Waals surface area contributed by atoms with Gasteiger partial charge >= 0.3 is 5.97 Å². The van der Waals surface area contributed by atoms with Gasteiger partial charge in [0.15, 0.2) is 5.69 Å². The Hall–Kier alpha value is -1.81. The van der Waals surface area contributed by atoms with Crippen LogP contribution in [0.1, 0.15) is 16.2 Å². The molecule has 1 N–H and O–H groups in total. The molecule has 88 valence electrons. The van der Waals surface area contributed by atoms with Gasteiger partial charge in [0.25, 0.3) is 0 Å². The molecule has 1 heterocycles. The highest BCUT2D eigenvalue weighted by atomic mass is 35.5. The molecule has 1 aromatic heterocycles. The number of nitrogens with one attached hydrogen (secondary N) is 1. The Balaban J connectivity index is 2.41. The number of aryl methyl sites for hydroxylation is 1. The zero-order valence-corrected chi connectivity index (χ0v) is 10.2. The molecule has 0 amide bonds. The van der Waals surface area contributed by atoms with Gasteiger partial charge in [-0.25, -0.2) is 9.78 Å². The highest BCUT2D eigenvalue weighted by Gasteiger charge is 2.15. The van der Waals surface area contributed by atoms with Crippen LogP contribution in [0.2, 0.25) is 5.02 Å². The molecule has 0 spiro atoms. The number of ether oxygens (including phenoxy) is 1. The van der Waals surface area contributed by atoms with Crippen molar-refractivity contribution >= 4 is 17.6 Å². The van der Waals surface area contributed by atoms with Gasteiger partial charge in [-0.15, -0.1) is 0 Å². The zero-order chi connectivity index (χ0) is 12.4. The minimum absolute atomic E-state index is 0.303. The van der Waals surface area contributed by atoms with Crippen molar-refractivity contribution in [2.45, 2.75) is 6.92 Å². The van der Waals surface area contributed by atoms with Crippen molar-refractivity contribution < 1.29 is 9.53 Å². The Morgan fingerprint density at radius 3 is 2.59 bits per heavy atom. The van der Waals surface area contributed by atoms with E-state index < -0.39 is 5.97 Å². The van der Waals surface area contributed by atoms with Crippen molar-refractivity contribution in [1.82, 2.24) is 9.97 Å². The molecule has 0 unspecified atom stereocenters. The zero-order valence-electron chi connectivity index (χ0n) is 9.45. The Bertz CT molecular complexity index is 546. The summed E-state index contributed by atoms with van der Waals surface area (Å²) in [6, 6.07) is 7.21. The molecule has 2 aromatic rings. The van der Waals surface area contributed by atoms with Gasteiger partial charge in [-0.1, -0.05) is 11.6 Å². The first-order chi connectivity index (χ1) is 8.11. The van der Waals surface area contributed by atoms with E-state index in [9.17, 15) is 4.79 Å². The van der Waals surface area contributed by atoms with Gasteiger partial charge < -0.3 is 9.72 Å². The maximum Gasteiger partial charge on any atom is 0.358 e. The molecule has 0 atom stereocenters. The van der Waals surface area contributed by atoms with Crippen molar-refractivity contribution in [3.63, 3.8) is 0 Å². The summed E-state index contributed by atoms with van der Waals surface area (Å²) in [5.74, 6) is 0.179. The van der Waals surface area contributed by atoms with E-state index >= 15 is 0 Å². The van der Waals surface area contributed by atoms with E-state index in [0.717, 1.165) is 5.56 Å². The SMILES string of the molecule is COC(=O)c1nc(-c2ccc(Cl)cc2)[nH]c1C. The maximum absolute atomic E-state index is 11.4. The monoisotopic (exact) mass is 250 g/mol. The summed E-state index contributed by atoms with van der Waals surface area (Å²) in [5.41, 5.74) is 1.85. The summed E-state index contributed by atoms with van der Waals surface area (Å²) < 4.78 is 4.64. The molecule has 0 aliphatic carbocycles. The van der Waals surface area contributed by atoms with E-state index in [-0.39, 0.29) is 0 Å². The fourth-order valence-electron chi connectivity index (χ4n) is 1.50. The number of hydrogen-bond acceptors (Lipinski definition) is 3. The summed E-state index contributed by atoms with van der Waals surface area (Å²) >= 11 is 5.80. The van der Waals surface area contributed by atoms with Crippen molar-refractivity contribution in [2.75, 3.05) is 7.11 Å². The summed E-state index contributed by atoms with van der Waals surface area (Å²) in [7, 11) is 1.33. The van der Waals surface area contributed by atoms with E-state index in [0.29, 0.717) is 22.2 Å². The topological polar surface area (TPSA) is 55.0 Å². The lowest BCUT2D eigenvalue weighted by molar-refractivity contribution is 0.0594. The molecule has 17 heavy (non-hydrogen) atoms. The normalized spacial score (nSPS) is 10.3. The summed E-state index contributed by atoms with van der Waals surface area (Å²) in [6.45, 7) is 1.78. The number of imidazole rings is 1. The Kier molecular flexibility index (Phi) is 3.15. The summed E-state index contributed by atoms with van der Waals surface area (Å²) in [5, 5.41) is 0.658. The standard InChI is InChI=1S/C12H11ClN2O2/c1-7-10(12(16)17-2)15-11(14-7)8-3-5-9(13)6-4-8/h3-6H,1-2H3,(H,14,15). The maximum atomic E-state index is 11.4. The number of carbonyl (C=O) groups is 1. The third-order valence-corrected chi connectivity index (χ3v) is 2.63. The number of carbonyl (C=O) groups excluding carboxylic acids is 1. The number of benzene rings is 1. The molecular weight excluding hydrogens is 240 g/mol. The first-order valence-corrected chi connectivity index (χ1v) is 5.40. The first-order valence-electron chi connectivity index (χ1n) is 5.02. The summed E-state index contributed by atoms with van der Waals surface area (Å²) in [4.78, 5) is 18.7. The molecule has 5 heteroatoms. The van der Waals surface area contributed by atoms with Gasteiger partial charge in [0, 0.05) is 16.3 Å². The molecule has 0 fully saturated rings. The van der Waals surface area contributed by atoms with Crippen LogP contribution in [-0.4, -0.2) is 23.0 Å². The fraction of sp³-hybridized carbons (Fsp3) is 0.167. The second-order valence-corrected chi connectivity index (χ2v) is 3.99. The van der Waals surface area contributed by atoms with Crippen molar-refractivity contribution in [3.05, 3.63) is 40.7 Å². The average molecular weight is 251 g/mol. The fourth-order valence-corrected chi connectivity index (χ4v) is 1.63. The van der Waals surface area contributed by atoms with E-state index in [4.69, 9.17) is 11.6 Å². The van der Waals surface area contributed by atoms with E-state index in [1.807, 2.05) is 12.1 Å². The van der Waals surface area contributed by atoms with Gasteiger partial charge in [0.05, 0.1) is 7.11 Å². The van der Waals surface area contributed by atoms with Gasteiger partial charge in [-0.2, -0.15) is 0 Å². The lowest BCUT2D eigenvalue weighted by Gasteiger charge is -1.96. The second-order valence-electron chi connectivity index (χ2n) is 3.56. The molecule has 0 saturated heterocycles. The van der Waals surface area contributed by atoms with Crippen LogP contribution in [0.3, 0.4) is 0 Å². The van der Waals surface area contributed by atoms with E-state index in [1.165, 1.54) is 7.11 Å². The van der Waals surface area contributed by atoms with Crippen LogP contribution in [0.4, 0.5) is 0 Å². The minimum Gasteiger partial charge on any atom is -0.464 e. The van der Waals surface area contributed by atoms with Crippen LogP contribution in [0.25, 0.3) is 11.4 Å². The van der Waals surface area contributed by atoms with Crippen molar-refractivity contribution in [3.8, 4) is 11.4 Å². The van der Waals surface area contributed by atoms with Crippen LogP contribution in [0.5, 0.6) is 0 Å². The summed E-state index contributed by atoms with van der Waals surface area (Å²) in [6.07, 6.45) is 0. The predicted octanol–water partition coefficient (Wildman–Crippen LogP) is 2.83. The first kappa shape index (κ1) is 11.7. The van der Waals surface area contributed by atoms with Crippen LogP contribution in [-0.2, 0) is 4.74 Å². The van der Waals surface area contributed by atoms with Crippen molar-refractivity contribution in [1.29, 1.82) is 0 Å². The van der Waals surface area contributed by atoms with E-state index in [1.54, 1.807) is 19.1 Å². The number of nitrogens with zero attached hydrogens (tertiary/aromatic N) is 1. The molecular formula is C12H11ClN2O2. The Labute approximate surface area is 104 Å². The number of esters is 1. The minimum atomic E-state index is -0.445. The molecule has 0 saturated carbocycles. The quantitative estimate of drug-likeness (QED) is 0.834. The third-order valence-electron chi connectivity index (χ3n) is 2.38. The van der Waals surface area contributed by atoms with Gasteiger partial charge in [-0.3, -0.25) is 0 Å². The highest BCUT2D eigenvalue weighted by Crippen LogP contribution is 2.20. The molecule has 1 aromatic carbocycles. The third kappa shape index (κ3) is 2.31. The predicted molar refractivity (Wildman–Crippen MR) is 65.1 cm³/mol. The Morgan fingerprint density at radius 2 is 2.00 bits per heavy atom. The number of H-pyrrole nitrogens is 1. The van der Waals surface area contributed by atoms with Crippen molar-refractivity contribution in [2.24, 2.45) is 0 Å².